The maximum atomic E-state index is 12.1. The molecule has 0 saturated carbocycles. The van der Waals surface area contributed by atoms with Gasteiger partial charge in [0.05, 0.1) is 17.8 Å². The third-order valence-electron chi connectivity index (χ3n) is 3.35. The van der Waals surface area contributed by atoms with E-state index in [1.807, 2.05) is 24.3 Å². The van der Waals surface area contributed by atoms with E-state index in [0.29, 0.717) is 10.7 Å². The first kappa shape index (κ1) is 14.4. The molecule has 1 aliphatic heterocycles. The predicted molar refractivity (Wildman–Crippen MR) is 87.2 cm³/mol. The van der Waals surface area contributed by atoms with Crippen molar-refractivity contribution in [2.75, 3.05) is 16.0 Å². The maximum absolute atomic E-state index is 12.1. The van der Waals surface area contributed by atoms with E-state index in [1.165, 1.54) is 0 Å². The van der Waals surface area contributed by atoms with Gasteiger partial charge in [0.2, 0.25) is 11.8 Å². The number of fused-ring (bicyclic) bond motifs is 1. The summed E-state index contributed by atoms with van der Waals surface area (Å²) in [5.74, 6) is -0.459. The number of carbonyl (C=O) groups is 2. The number of amides is 2. The van der Waals surface area contributed by atoms with Gasteiger partial charge in [-0.15, -0.1) is 0 Å². The van der Waals surface area contributed by atoms with Crippen molar-refractivity contribution in [3.63, 3.8) is 0 Å². The Morgan fingerprint density at radius 2 is 1.77 bits per heavy atom. The smallest absolute Gasteiger partial charge is 0.247 e. The van der Waals surface area contributed by atoms with Gasteiger partial charge >= 0.3 is 0 Å². The third-order valence-corrected chi connectivity index (χ3v) is 3.60. The standard InChI is InChI=1S/C16H14ClN3O2/c17-10-5-7-11(8-6-10)18-15(21)9-14-16(22)20-13-4-2-1-3-12(13)19-14/h1-8,14,19H,9H2,(H,18,21)(H,20,22). The highest BCUT2D eigenvalue weighted by Crippen LogP contribution is 2.26. The summed E-state index contributed by atoms with van der Waals surface area (Å²) in [6, 6.07) is 13.6. The lowest BCUT2D eigenvalue weighted by molar-refractivity contribution is -0.122. The molecule has 2 aromatic rings. The van der Waals surface area contributed by atoms with Crippen LogP contribution in [0, 0.1) is 0 Å². The molecule has 22 heavy (non-hydrogen) atoms. The molecule has 2 amide bonds. The van der Waals surface area contributed by atoms with Crippen LogP contribution in [-0.4, -0.2) is 17.9 Å². The van der Waals surface area contributed by atoms with Crippen LogP contribution >= 0.6 is 11.6 Å². The molecule has 0 radical (unpaired) electrons. The molecular formula is C16H14ClN3O2. The molecule has 1 aliphatic rings. The summed E-state index contributed by atoms with van der Waals surface area (Å²) < 4.78 is 0. The van der Waals surface area contributed by atoms with Gasteiger partial charge < -0.3 is 16.0 Å². The maximum Gasteiger partial charge on any atom is 0.247 e. The van der Waals surface area contributed by atoms with Crippen LogP contribution in [0.1, 0.15) is 6.42 Å². The van der Waals surface area contributed by atoms with Crippen molar-refractivity contribution in [1.29, 1.82) is 0 Å². The molecule has 1 atom stereocenters. The normalized spacial score (nSPS) is 16.2. The van der Waals surface area contributed by atoms with Gasteiger partial charge in [0.1, 0.15) is 6.04 Å². The van der Waals surface area contributed by atoms with Crippen molar-refractivity contribution in [2.24, 2.45) is 0 Å². The number of hydrogen-bond acceptors (Lipinski definition) is 3. The highest BCUT2D eigenvalue weighted by atomic mass is 35.5. The number of carbonyl (C=O) groups excluding carboxylic acids is 2. The number of hydrogen-bond donors (Lipinski definition) is 3. The van der Waals surface area contributed by atoms with E-state index in [-0.39, 0.29) is 18.2 Å². The molecule has 3 N–H and O–H groups in total. The summed E-state index contributed by atoms with van der Waals surface area (Å²) >= 11 is 5.80. The highest BCUT2D eigenvalue weighted by molar-refractivity contribution is 6.30. The first-order valence-corrected chi connectivity index (χ1v) is 7.21. The van der Waals surface area contributed by atoms with Gasteiger partial charge in [0, 0.05) is 10.7 Å². The summed E-state index contributed by atoms with van der Waals surface area (Å²) in [5.41, 5.74) is 2.18. The van der Waals surface area contributed by atoms with Crippen LogP contribution in [0.2, 0.25) is 5.02 Å². The average molecular weight is 316 g/mol. The first-order chi connectivity index (χ1) is 10.6. The molecule has 5 nitrogen and oxygen atoms in total. The zero-order chi connectivity index (χ0) is 15.5. The number of halogens is 1. The minimum Gasteiger partial charge on any atom is -0.372 e. The molecule has 2 aromatic carbocycles. The van der Waals surface area contributed by atoms with Crippen molar-refractivity contribution in [2.45, 2.75) is 12.5 Å². The Hall–Kier alpha value is -2.53. The number of anilines is 3. The Balaban J connectivity index is 1.64. The minimum absolute atomic E-state index is 0.0444. The molecule has 0 saturated heterocycles. The quantitative estimate of drug-likeness (QED) is 0.815. The summed E-state index contributed by atoms with van der Waals surface area (Å²) in [5, 5.41) is 9.21. The number of benzene rings is 2. The summed E-state index contributed by atoms with van der Waals surface area (Å²) in [4.78, 5) is 24.1. The second kappa shape index (κ2) is 6.07. The Labute approximate surface area is 132 Å². The fourth-order valence-corrected chi connectivity index (χ4v) is 2.39. The van der Waals surface area contributed by atoms with Gasteiger partial charge in [-0.2, -0.15) is 0 Å². The zero-order valence-corrected chi connectivity index (χ0v) is 12.4. The van der Waals surface area contributed by atoms with E-state index in [4.69, 9.17) is 11.6 Å². The lowest BCUT2D eigenvalue weighted by atomic mass is 10.1. The van der Waals surface area contributed by atoms with E-state index in [0.717, 1.165) is 11.4 Å². The first-order valence-electron chi connectivity index (χ1n) is 6.84. The minimum atomic E-state index is -0.595. The molecule has 112 valence electrons. The number of para-hydroxylation sites is 2. The summed E-state index contributed by atoms with van der Waals surface area (Å²) in [6.07, 6.45) is 0.0444. The van der Waals surface area contributed by atoms with Crippen molar-refractivity contribution < 1.29 is 9.59 Å². The third kappa shape index (κ3) is 3.20. The SMILES string of the molecule is O=C(CC1Nc2ccccc2NC1=O)Nc1ccc(Cl)cc1. The molecule has 0 fully saturated rings. The van der Waals surface area contributed by atoms with E-state index in [1.54, 1.807) is 24.3 Å². The Morgan fingerprint density at radius 3 is 2.50 bits per heavy atom. The van der Waals surface area contributed by atoms with Crippen molar-refractivity contribution in [3.05, 3.63) is 53.6 Å². The number of rotatable bonds is 3. The van der Waals surface area contributed by atoms with Crippen molar-refractivity contribution in [3.8, 4) is 0 Å². The zero-order valence-electron chi connectivity index (χ0n) is 11.6. The van der Waals surface area contributed by atoms with Gasteiger partial charge in [-0.1, -0.05) is 23.7 Å². The van der Waals surface area contributed by atoms with Crippen LogP contribution in [0.25, 0.3) is 0 Å². The Bertz CT molecular complexity index is 716. The monoisotopic (exact) mass is 315 g/mol. The van der Waals surface area contributed by atoms with Gasteiger partial charge in [-0.05, 0) is 36.4 Å². The molecular weight excluding hydrogens is 302 g/mol. The van der Waals surface area contributed by atoms with Crippen LogP contribution in [0.5, 0.6) is 0 Å². The molecule has 3 rings (SSSR count). The molecule has 0 aromatic heterocycles. The fourth-order valence-electron chi connectivity index (χ4n) is 2.27. The van der Waals surface area contributed by atoms with E-state index < -0.39 is 6.04 Å². The fraction of sp³-hybridized carbons (Fsp3) is 0.125. The Morgan fingerprint density at radius 1 is 1.09 bits per heavy atom. The second-order valence-corrected chi connectivity index (χ2v) is 5.43. The van der Waals surface area contributed by atoms with Crippen LogP contribution < -0.4 is 16.0 Å². The topological polar surface area (TPSA) is 70.2 Å². The molecule has 0 bridgehead atoms. The largest absolute Gasteiger partial charge is 0.372 e. The van der Waals surface area contributed by atoms with Crippen LogP contribution in [0.3, 0.4) is 0 Å². The number of nitrogens with one attached hydrogen (secondary N) is 3. The van der Waals surface area contributed by atoms with Gasteiger partial charge in [-0.3, -0.25) is 9.59 Å². The molecule has 0 aliphatic carbocycles. The Kier molecular flexibility index (Phi) is 3.98. The summed E-state index contributed by atoms with van der Waals surface area (Å²) in [7, 11) is 0. The van der Waals surface area contributed by atoms with E-state index in [9.17, 15) is 9.59 Å². The predicted octanol–water partition coefficient (Wildman–Crippen LogP) is 3.10. The highest BCUT2D eigenvalue weighted by Gasteiger charge is 2.27. The van der Waals surface area contributed by atoms with E-state index in [2.05, 4.69) is 16.0 Å². The van der Waals surface area contributed by atoms with Crippen LogP contribution in [0.4, 0.5) is 17.1 Å². The lowest BCUT2D eigenvalue weighted by Gasteiger charge is -2.26. The van der Waals surface area contributed by atoms with Crippen molar-refractivity contribution >= 4 is 40.5 Å². The molecule has 0 spiro atoms. The van der Waals surface area contributed by atoms with Crippen LogP contribution in [-0.2, 0) is 9.59 Å². The van der Waals surface area contributed by atoms with Gasteiger partial charge in [-0.25, -0.2) is 0 Å². The molecule has 6 heteroatoms. The average Bonchev–Trinajstić information content (AvgIpc) is 2.50. The second-order valence-electron chi connectivity index (χ2n) is 4.99. The van der Waals surface area contributed by atoms with Gasteiger partial charge in [0.15, 0.2) is 0 Å². The van der Waals surface area contributed by atoms with E-state index >= 15 is 0 Å². The summed E-state index contributed by atoms with van der Waals surface area (Å²) in [6.45, 7) is 0. The molecule has 1 heterocycles. The molecule has 1 unspecified atom stereocenters. The van der Waals surface area contributed by atoms with Crippen LogP contribution in [0.15, 0.2) is 48.5 Å². The van der Waals surface area contributed by atoms with Crippen molar-refractivity contribution in [1.82, 2.24) is 0 Å². The lowest BCUT2D eigenvalue weighted by Crippen LogP contribution is -2.41. The van der Waals surface area contributed by atoms with Gasteiger partial charge in [0.25, 0.3) is 0 Å².